The molecule has 1 aromatic heterocycles. The average molecular weight is 247 g/mol. The summed E-state index contributed by atoms with van der Waals surface area (Å²) in [4.78, 5) is 11.9. The van der Waals surface area contributed by atoms with Gasteiger partial charge >= 0.3 is 0 Å². The maximum atomic E-state index is 11.9. The summed E-state index contributed by atoms with van der Waals surface area (Å²) in [5, 5.41) is 3.06. The van der Waals surface area contributed by atoms with Gasteiger partial charge < -0.3 is 10.5 Å². The predicted molar refractivity (Wildman–Crippen MR) is 70.8 cm³/mol. The van der Waals surface area contributed by atoms with Crippen LogP contribution in [-0.4, -0.2) is 23.4 Å². The van der Waals surface area contributed by atoms with Crippen LogP contribution in [0.25, 0.3) is 11.3 Å². The van der Waals surface area contributed by atoms with E-state index in [2.05, 4.69) is 5.10 Å². The summed E-state index contributed by atoms with van der Waals surface area (Å²) < 4.78 is 6.59. The van der Waals surface area contributed by atoms with E-state index in [4.69, 9.17) is 10.5 Å². The molecule has 0 spiro atoms. The molecule has 18 heavy (non-hydrogen) atoms. The van der Waals surface area contributed by atoms with Gasteiger partial charge in [-0.3, -0.25) is 14.6 Å². The standard InChI is InChI=1S/C13H17N3O2/c1-16-13(17)11(7-8-14)12(15-16)9-3-5-10(18-2)6-4-9/h3-6,15H,7-8,14H2,1-2H3. The normalized spacial score (nSPS) is 10.6. The number of aromatic nitrogens is 2. The largest absolute Gasteiger partial charge is 0.497 e. The van der Waals surface area contributed by atoms with E-state index in [0.717, 1.165) is 22.6 Å². The molecule has 0 unspecified atom stereocenters. The van der Waals surface area contributed by atoms with Crippen LogP contribution in [-0.2, 0) is 13.5 Å². The first kappa shape index (κ1) is 12.4. The van der Waals surface area contributed by atoms with Gasteiger partial charge in [0.1, 0.15) is 5.75 Å². The second kappa shape index (κ2) is 5.10. The van der Waals surface area contributed by atoms with Crippen molar-refractivity contribution in [2.75, 3.05) is 13.7 Å². The smallest absolute Gasteiger partial charge is 0.270 e. The third-order valence-corrected chi connectivity index (χ3v) is 2.92. The highest BCUT2D eigenvalue weighted by atomic mass is 16.5. The summed E-state index contributed by atoms with van der Waals surface area (Å²) in [5.41, 5.74) is 8.04. The van der Waals surface area contributed by atoms with Crippen LogP contribution >= 0.6 is 0 Å². The van der Waals surface area contributed by atoms with Gasteiger partial charge in [0.05, 0.1) is 12.8 Å². The molecule has 0 fully saturated rings. The van der Waals surface area contributed by atoms with Gasteiger partial charge in [-0.15, -0.1) is 0 Å². The summed E-state index contributed by atoms with van der Waals surface area (Å²) in [7, 11) is 3.33. The lowest BCUT2D eigenvalue weighted by molar-refractivity contribution is 0.415. The molecule has 2 rings (SSSR count). The fourth-order valence-electron chi connectivity index (χ4n) is 1.97. The maximum Gasteiger partial charge on any atom is 0.270 e. The Morgan fingerprint density at radius 3 is 2.56 bits per heavy atom. The van der Waals surface area contributed by atoms with Crippen LogP contribution in [0.4, 0.5) is 0 Å². The van der Waals surface area contributed by atoms with Crippen LogP contribution < -0.4 is 16.0 Å². The van der Waals surface area contributed by atoms with E-state index >= 15 is 0 Å². The molecule has 5 heteroatoms. The number of nitrogens with two attached hydrogens (primary N) is 1. The van der Waals surface area contributed by atoms with Crippen molar-refractivity contribution in [3.8, 4) is 17.0 Å². The first-order valence-electron chi connectivity index (χ1n) is 5.79. The van der Waals surface area contributed by atoms with Gasteiger partial charge in [-0.25, -0.2) is 0 Å². The third kappa shape index (κ3) is 2.17. The molecule has 0 bridgehead atoms. The van der Waals surface area contributed by atoms with E-state index in [0.29, 0.717) is 13.0 Å². The summed E-state index contributed by atoms with van der Waals surface area (Å²) >= 11 is 0. The SMILES string of the molecule is COc1ccc(-c2[nH]n(C)c(=O)c2CCN)cc1. The van der Waals surface area contributed by atoms with Crippen molar-refractivity contribution in [1.29, 1.82) is 0 Å². The first-order valence-corrected chi connectivity index (χ1v) is 5.79. The molecule has 2 aromatic rings. The van der Waals surface area contributed by atoms with E-state index in [1.54, 1.807) is 14.2 Å². The number of methoxy groups -OCH3 is 1. The lowest BCUT2D eigenvalue weighted by Crippen LogP contribution is -2.17. The molecular formula is C13H17N3O2. The van der Waals surface area contributed by atoms with Gasteiger partial charge in [0.2, 0.25) is 0 Å². The van der Waals surface area contributed by atoms with Crippen molar-refractivity contribution in [2.24, 2.45) is 12.8 Å². The Hall–Kier alpha value is -2.01. The number of aryl methyl sites for hydroxylation is 1. The lowest BCUT2D eigenvalue weighted by atomic mass is 10.1. The molecule has 0 radical (unpaired) electrons. The van der Waals surface area contributed by atoms with Crippen LogP contribution in [0.3, 0.4) is 0 Å². The molecule has 96 valence electrons. The number of rotatable bonds is 4. The molecule has 0 atom stereocenters. The number of benzene rings is 1. The van der Waals surface area contributed by atoms with Crippen molar-refractivity contribution in [1.82, 2.24) is 9.78 Å². The molecule has 0 saturated carbocycles. The highest BCUT2D eigenvalue weighted by molar-refractivity contribution is 5.63. The van der Waals surface area contributed by atoms with E-state index < -0.39 is 0 Å². The summed E-state index contributed by atoms with van der Waals surface area (Å²) in [6, 6.07) is 7.58. The van der Waals surface area contributed by atoms with Crippen LogP contribution in [0.15, 0.2) is 29.1 Å². The van der Waals surface area contributed by atoms with E-state index in [9.17, 15) is 4.79 Å². The van der Waals surface area contributed by atoms with E-state index in [1.165, 1.54) is 4.68 Å². The number of H-pyrrole nitrogens is 1. The highest BCUT2D eigenvalue weighted by Gasteiger charge is 2.13. The quantitative estimate of drug-likeness (QED) is 0.842. The van der Waals surface area contributed by atoms with Crippen molar-refractivity contribution < 1.29 is 4.74 Å². The zero-order valence-corrected chi connectivity index (χ0v) is 10.6. The van der Waals surface area contributed by atoms with Crippen molar-refractivity contribution in [3.05, 3.63) is 40.2 Å². The van der Waals surface area contributed by atoms with E-state index in [-0.39, 0.29) is 5.56 Å². The monoisotopic (exact) mass is 247 g/mol. The third-order valence-electron chi connectivity index (χ3n) is 2.92. The molecular weight excluding hydrogens is 230 g/mol. The van der Waals surface area contributed by atoms with Crippen LogP contribution in [0.5, 0.6) is 5.75 Å². The molecule has 1 aromatic carbocycles. The molecule has 3 N–H and O–H groups in total. The molecule has 5 nitrogen and oxygen atoms in total. The van der Waals surface area contributed by atoms with Crippen molar-refractivity contribution in [2.45, 2.75) is 6.42 Å². The number of hydrogen-bond donors (Lipinski definition) is 2. The molecule has 0 aliphatic heterocycles. The Labute approximate surface area is 105 Å². The molecule has 0 aliphatic carbocycles. The van der Waals surface area contributed by atoms with Gasteiger partial charge in [0, 0.05) is 18.2 Å². The minimum absolute atomic E-state index is 0.0220. The Morgan fingerprint density at radius 2 is 2.00 bits per heavy atom. The van der Waals surface area contributed by atoms with Crippen LogP contribution in [0.2, 0.25) is 0 Å². The summed E-state index contributed by atoms with van der Waals surface area (Å²) in [6.07, 6.45) is 0.567. The van der Waals surface area contributed by atoms with Crippen molar-refractivity contribution >= 4 is 0 Å². The Bertz CT molecular complexity index is 581. The number of ether oxygens (including phenoxy) is 1. The number of nitrogens with zero attached hydrogens (tertiary/aromatic N) is 1. The van der Waals surface area contributed by atoms with Crippen LogP contribution in [0.1, 0.15) is 5.56 Å². The number of hydrogen-bond acceptors (Lipinski definition) is 3. The molecule has 0 aliphatic rings. The zero-order chi connectivity index (χ0) is 13.1. The molecule has 1 heterocycles. The summed E-state index contributed by atoms with van der Waals surface area (Å²) in [6.45, 7) is 0.455. The first-order chi connectivity index (χ1) is 8.67. The fraction of sp³-hybridized carbons (Fsp3) is 0.308. The minimum Gasteiger partial charge on any atom is -0.497 e. The Morgan fingerprint density at radius 1 is 1.33 bits per heavy atom. The van der Waals surface area contributed by atoms with Crippen molar-refractivity contribution in [3.63, 3.8) is 0 Å². The van der Waals surface area contributed by atoms with E-state index in [1.807, 2.05) is 24.3 Å². The van der Waals surface area contributed by atoms with Crippen LogP contribution in [0, 0.1) is 0 Å². The lowest BCUT2D eigenvalue weighted by Gasteiger charge is -2.03. The topological polar surface area (TPSA) is 73.0 Å². The molecule has 0 amide bonds. The second-order valence-electron chi connectivity index (χ2n) is 4.10. The van der Waals surface area contributed by atoms with Gasteiger partial charge in [-0.05, 0) is 37.2 Å². The highest BCUT2D eigenvalue weighted by Crippen LogP contribution is 2.22. The molecule has 0 saturated heterocycles. The minimum atomic E-state index is -0.0220. The van der Waals surface area contributed by atoms with Gasteiger partial charge in [-0.2, -0.15) is 0 Å². The van der Waals surface area contributed by atoms with Gasteiger partial charge in [-0.1, -0.05) is 0 Å². The number of aromatic amines is 1. The fourth-order valence-corrected chi connectivity index (χ4v) is 1.97. The van der Waals surface area contributed by atoms with Gasteiger partial charge in [0.25, 0.3) is 5.56 Å². The Kier molecular flexibility index (Phi) is 3.53. The Balaban J connectivity index is 2.48. The summed E-state index contributed by atoms with van der Waals surface area (Å²) in [5.74, 6) is 0.789. The average Bonchev–Trinajstić information content (AvgIpc) is 2.68. The second-order valence-corrected chi connectivity index (χ2v) is 4.10. The zero-order valence-electron chi connectivity index (χ0n) is 10.6. The number of nitrogens with one attached hydrogen (secondary N) is 1. The van der Waals surface area contributed by atoms with Gasteiger partial charge in [0.15, 0.2) is 0 Å². The predicted octanol–water partition coefficient (Wildman–Crippen LogP) is 0.890. The maximum absolute atomic E-state index is 11.9.